The van der Waals surface area contributed by atoms with E-state index in [1.807, 2.05) is 24.3 Å². The van der Waals surface area contributed by atoms with Gasteiger partial charge in [-0.3, -0.25) is 4.79 Å². The van der Waals surface area contributed by atoms with Crippen LogP contribution >= 0.6 is 11.6 Å². The molecule has 0 unspecified atom stereocenters. The van der Waals surface area contributed by atoms with Crippen LogP contribution in [-0.4, -0.2) is 51.8 Å². The van der Waals surface area contributed by atoms with E-state index in [1.165, 1.54) is 15.4 Å². The summed E-state index contributed by atoms with van der Waals surface area (Å²) in [4.78, 5) is 15.4. The Kier molecular flexibility index (Phi) is 7.53. The molecule has 6 heteroatoms. The van der Waals surface area contributed by atoms with Crippen LogP contribution in [0.3, 0.4) is 0 Å². The van der Waals surface area contributed by atoms with Crippen molar-refractivity contribution in [2.45, 2.75) is 20.8 Å². The molecule has 0 spiro atoms. The first-order valence-corrected chi connectivity index (χ1v) is 10.7. The molecule has 5 nitrogen and oxygen atoms in total. The molecule has 1 saturated heterocycles. The molecule has 0 atom stereocenters. The molecular formula is C23H32ClN3O2+2. The molecule has 1 aliphatic rings. The molecular weight excluding hydrogens is 386 g/mol. The fraction of sp³-hybridized carbons (Fsp3) is 0.435. The number of nitrogens with one attached hydrogen (secondary N) is 3. The van der Waals surface area contributed by atoms with E-state index in [1.54, 1.807) is 0 Å². The summed E-state index contributed by atoms with van der Waals surface area (Å²) in [6.45, 7) is 12.5. The molecule has 29 heavy (non-hydrogen) atoms. The van der Waals surface area contributed by atoms with Gasteiger partial charge in [-0.05, 0) is 56.2 Å². The summed E-state index contributed by atoms with van der Waals surface area (Å²) < 4.78 is 5.80. The number of amides is 1. The Morgan fingerprint density at radius 1 is 1.00 bits per heavy atom. The lowest BCUT2D eigenvalue weighted by atomic mass is 10.1. The Hall–Kier alpha value is -2.08. The average Bonchev–Trinajstić information content (AvgIpc) is 2.67. The van der Waals surface area contributed by atoms with Crippen LogP contribution in [0.5, 0.6) is 5.75 Å². The summed E-state index contributed by atoms with van der Waals surface area (Å²) in [6.07, 6.45) is 0. The van der Waals surface area contributed by atoms with Gasteiger partial charge in [0.1, 0.15) is 45.1 Å². The van der Waals surface area contributed by atoms with Gasteiger partial charge in [-0.25, -0.2) is 0 Å². The van der Waals surface area contributed by atoms with Crippen LogP contribution < -0.4 is 19.9 Å². The van der Waals surface area contributed by atoms with Crippen molar-refractivity contribution in [3.05, 3.63) is 58.1 Å². The van der Waals surface area contributed by atoms with Crippen molar-refractivity contribution in [3.8, 4) is 5.75 Å². The van der Waals surface area contributed by atoms with Crippen LogP contribution in [-0.2, 0) is 4.79 Å². The summed E-state index contributed by atoms with van der Waals surface area (Å²) in [5.41, 5.74) is 4.44. The van der Waals surface area contributed by atoms with Gasteiger partial charge in [0, 0.05) is 10.7 Å². The molecule has 1 aliphatic heterocycles. The third kappa shape index (κ3) is 6.46. The van der Waals surface area contributed by atoms with Crippen LogP contribution in [0.4, 0.5) is 5.69 Å². The van der Waals surface area contributed by atoms with E-state index in [-0.39, 0.29) is 5.91 Å². The van der Waals surface area contributed by atoms with E-state index < -0.39 is 0 Å². The van der Waals surface area contributed by atoms with Crippen LogP contribution in [0.1, 0.15) is 16.7 Å². The Labute approximate surface area is 178 Å². The van der Waals surface area contributed by atoms with E-state index in [2.05, 4.69) is 38.2 Å². The van der Waals surface area contributed by atoms with Gasteiger partial charge in [0.2, 0.25) is 0 Å². The van der Waals surface area contributed by atoms with Crippen molar-refractivity contribution in [1.82, 2.24) is 0 Å². The van der Waals surface area contributed by atoms with Crippen molar-refractivity contribution in [3.63, 3.8) is 0 Å². The number of benzene rings is 2. The molecule has 0 radical (unpaired) electrons. The Bertz CT molecular complexity index is 808. The first-order valence-electron chi connectivity index (χ1n) is 10.3. The standard InChI is InChI=1S/C23H30ClN3O2/c1-17-14-18(2)23(19(3)15-17)25-22(28)16-27-10-8-26(9-11-27)12-13-29-21-6-4-20(24)5-7-21/h4-7,14-15H,8-13,16H2,1-3H3,(H,25,28)/p+2. The van der Waals surface area contributed by atoms with Crippen LogP contribution in [0.25, 0.3) is 0 Å². The van der Waals surface area contributed by atoms with Crippen molar-refractivity contribution in [2.24, 2.45) is 0 Å². The highest BCUT2D eigenvalue weighted by Crippen LogP contribution is 2.21. The fourth-order valence-corrected chi connectivity index (χ4v) is 4.14. The number of hydrogen-bond acceptors (Lipinski definition) is 2. The van der Waals surface area contributed by atoms with Crippen molar-refractivity contribution < 1.29 is 19.3 Å². The minimum Gasteiger partial charge on any atom is -0.488 e. The minimum absolute atomic E-state index is 0.101. The van der Waals surface area contributed by atoms with Gasteiger partial charge in [0.15, 0.2) is 6.54 Å². The quantitative estimate of drug-likeness (QED) is 0.631. The van der Waals surface area contributed by atoms with Gasteiger partial charge in [-0.2, -0.15) is 0 Å². The third-order valence-electron chi connectivity index (χ3n) is 5.55. The molecule has 0 aliphatic carbocycles. The maximum atomic E-state index is 12.5. The zero-order valence-corrected chi connectivity index (χ0v) is 18.4. The molecule has 0 aromatic heterocycles. The lowest BCUT2D eigenvalue weighted by Crippen LogP contribution is -3.28. The number of ether oxygens (including phenoxy) is 1. The highest BCUT2D eigenvalue weighted by atomic mass is 35.5. The lowest BCUT2D eigenvalue weighted by molar-refractivity contribution is -1.01. The van der Waals surface area contributed by atoms with Gasteiger partial charge in [0.25, 0.3) is 5.91 Å². The van der Waals surface area contributed by atoms with Gasteiger partial charge in [0.05, 0.1) is 0 Å². The Morgan fingerprint density at radius 3 is 2.21 bits per heavy atom. The van der Waals surface area contributed by atoms with Crippen molar-refractivity contribution in [1.29, 1.82) is 0 Å². The molecule has 0 saturated carbocycles. The number of carbonyl (C=O) groups excluding carboxylic acids is 1. The number of quaternary nitrogens is 2. The number of aryl methyl sites for hydroxylation is 3. The molecule has 2 aromatic rings. The third-order valence-corrected chi connectivity index (χ3v) is 5.81. The normalized spacial score (nSPS) is 19.0. The summed E-state index contributed by atoms with van der Waals surface area (Å²) in [7, 11) is 0. The molecule has 3 N–H and O–H groups in total. The predicted octanol–water partition coefficient (Wildman–Crippen LogP) is 1.07. The van der Waals surface area contributed by atoms with E-state index in [9.17, 15) is 4.79 Å². The molecule has 1 fully saturated rings. The topological polar surface area (TPSA) is 47.2 Å². The molecule has 156 valence electrons. The Balaban J connectivity index is 1.38. The summed E-state index contributed by atoms with van der Waals surface area (Å²) in [5, 5.41) is 3.85. The van der Waals surface area contributed by atoms with E-state index in [4.69, 9.17) is 16.3 Å². The lowest BCUT2D eigenvalue weighted by Gasteiger charge is -2.29. The maximum absolute atomic E-state index is 12.5. The molecule has 0 bridgehead atoms. The molecule has 1 amide bonds. The number of carbonyl (C=O) groups is 1. The monoisotopic (exact) mass is 417 g/mol. The smallest absolute Gasteiger partial charge is 0.279 e. The largest absolute Gasteiger partial charge is 0.488 e. The number of rotatable bonds is 7. The van der Waals surface area contributed by atoms with Gasteiger partial charge in [-0.1, -0.05) is 29.3 Å². The maximum Gasteiger partial charge on any atom is 0.279 e. The molecule has 1 heterocycles. The highest BCUT2D eigenvalue weighted by Gasteiger charge is 2.25. The zero-order chi connectivity index (χ0) is 20.8. The van der Waals surface area contributed by atoms with E-state index >= 15 is 0 Å². The number of piperazine rings is 1. The van der Waals surface area contributed by atoms with Gasteiger partial charge in [-0.15, -0.1) is 0 Å². The van der Waals surface area contributed by atoms with E-state index in [0.717, 1.165) is 60.3 Å². The number of halogens is 1. The Morgan fingerprint density at radius 2 is 1.59 bits per heavy atom. The summed E-state index contributed by atoms with van der Waals surface area (Å²) in [5.74, 6) is 0.959. The van der Waals surface area contributed by atoms with Gasteiger partial charge >= 0.3 is 0 Å². The fourth-order valence-electron chi connectivity index (χ4n) is 4.02. The van der Waals surface area contributed by atoms with Crippen molar-refractivity contribution in [2.75, 3.05) is 51.2 Å². The first kappa shape index (κ1) is 21.6. The van der Waals surface area contributed by atoms with Crippen molar-refractivity contribution >= 4 is 23.2 Å². The highest BCUT2D eigenvalue weighted by molar-refractivity contribution is 6.30. The van der Waals surface area contributed by atoms with Gasteiger partial charge < -0.3 is 19.9 Å². The van der Waals surface area contributed by atoms with Crippen LogP contribution in [0, 0.1) is 20.8 Å². The predicted molar refractivity (Wildman–Crippen MR) is 117 cm³/mol. The minimum atomic E-state index is 0.101. The zero-order valence-electron chi connectivity index (χ0n) is 17.6. The van der Waals surface area contributed by atoms with Crippen LogP contribution in [0.2, 0.25) is 5.02 Å². The summed E-state index contributed by atoms with van der Waals surface area (Å²) >= 11 is 5.89. The van der Waals surface area contributed by atoms with Crippen LogP contribution in [0.15, 0.2) is 36.4 Å². The summed E-state index contributed by atoms with van der Waals surface area (Å²) in [6, 6.07) is 11.7. The molecule has 3 rings (SSSR count). The van der Waals surface area contributed by atoms with E-state index in [0.29, 0.717) is 13.2 Å². The first-order chi connectivity index (χ1) is 13.9. The SMILES string of the molecule is Cc1cc(C)c(NC(=O)C[NH+]2CC[NH+](CCOc3ccc(Cl)cc3)CC2)c(C)c1. The second-order valence-electron chi connectivity index (χ2n) is 8.05. The number of hydrogen-bond donors (Lipinski definition) is 3. The molecule has 2 aromatic carbocycles. The average molecular weight is 418 g/mol. The number of anilines is 1. The second-order valence-corrected chi connectivity index (χ2v) is 8.49. The second kappa shape index (κ2) is 10.1.